The Morgan fingerprint density at radius 1 is 1.13 bits per heavy atom. The van der Waals surface area contributed by atoms with Gasteiger partial charge in [-0.2, -0.15) is 0 Å². The van der Waals surface area contributed by atoms with Crippen LogP contribution in [0.1, 0.15) is 19.3 Å². The predicted octanol–water partition coefficient (Wildman–Crippen LogP) is -1.63. The molecule has 2 aliphatic heterocycles. The molecule has 0 aromatic heterocycles. The first-order chi connectivity index (χ1) is 10.9. The quantitative estimate of drug-likeness (QED) is 0.488. The molecule has 128 valence electrons. The minimum absolute atomic E-state index is 0.0407. The fourth-order valence-electron chi connectivity index (χ4n) is 3.23. The van der Waals surface area contributed by atoms with Crippen LogP contribution in [0.3, 0.4) is 0 Å². The summed E-state index contributed by atoms with van der Waals surface area (Å²) in [5, 5.41) is 2.75. The first-order valence-electron chi connectivity index (χ1n) is 7.86. The summed E-state index contributed by atoms with van der Waals surface area (Å²) in [5.41, 5.74) is -1.02. The standard InChI is InChI=1S/C14H21N3O5S/c18-10-16-4-6-17(7-5-16)13(20)14(2-3-14)12(19)15-11-1-8-23(21,22)9-11/h10-11H,1-9H2,(H,15,19). The average Bonchev–Trinajstić information content (AvgIpc) is 3.27. The highest BCUT2D eigenvalue weighted by Gasteiger charge is 2.58. The molecule has 3 amide bonds. The number of carbonyl (C=O) groups is 3. The van der Waals surface area contributed by atoms with Gasteiger partial charge in [0.25, 0.3) is 0 Å². The van der Waals surface area contributed by atoms with Crippen molar-refractivity contribution in [3.05, 3.63) is 0 Å². The number of nitrogens with zero attached hydrogens (tertiary/aromatic N) is 2. The van der Waals surface area contributed by atoms with Crippen LogP contribution in [0.2, 0.25) is 0 Å². The van der Waals surface area contributed by atoms with Gasteiger partial charge in [-0.05, 0) is 19.3 Å². The lowest BCUT2D eigenvalue weighted by atomic mass is 10.0. The van der Waals surface area contributed by atoms with Gasteiger partial charge < -0.3 is 15.1 Å². The number of sulfone groups is 1. The second kappa shape index (κ2) is 5.77. The maximum absolute atomic E-state index is 12.7. The monoisotopic (exact) mass is 343 g/mol. The van der Waals surface area contributed by atoms with Gasteiger partial charge in [-0.1, -0.05) is 0 Å². The van der Waals surface area contributed by atoms with E-state index in [-0.39, 0.29) is 29.4 Å². The zero-order valence-corrected chi connectivity index (χ0v) is 13.7. The molecule has 2 heterocycles. The van der Waals surface area contributed by atoms with E-state index in [9.17, 15) is 22.8 Å². The average molecular weight is 343 g/mol. The molecule has 3 fully saturated rings. The first-order valence-corrected chi connectivity index (χ1v) is 9.68. The largest absolute Gasteiger partial charge is 0.351 e. The Bertz CT molecular complexity index is 620. The number of hydrogen-bond acceptors (Lipinski definition) is 5. The molecule has 1 aliphatic carbocycles. The molecule has 1 N–H and O–H groups in total. The lowest BCUT2D eigenvalue weighted by molar-refractivity contribution is -0.146. The molecule has 0 bridgehead atoms. The third kappa shape index (κ3) is 3.19. The number of nitrogens with one attached hydrogen (secondary N) is 1. The molecule has 0 spiro atoms. The summed E-state index contributed by atoms with van der Waals surface area (Å²) in [6.07, 6.45) is 2.19. The van der Waals surface area contributed by atoms with Crippen LogP contribution in [-0.4, -0.2) is 80.2 Å². The lowest BCUT2D eigenvalue weighted by Crippen LogP contribution is -2.53. The molecule has 1 saturated carbocycles. The number of hydrogen-bond donors (Lipinski definition) is 1. The van der Waals surface area contributed by atoms with Crippen LogP contribution in [0.15, 0.2) is 0 Å². The minimum Gasteiger partial charge on any atom is -0.351 e. The van der Waals surface area contributed by atoms with Gasteiger partial charge in [-0.3, -0.25) is 14.4 Å². The van der Waals surface area contributed by atoms with Crippen molar-refractivity contribution in [2.45, 2.75) is 25.3 Å². The summed E-state index contributed by atoms with van der Waals surface area (Å²) in [6, 6.07) is -0.385. The molecule has 1 unspecified atom stereocenters. The molecule has 8 nitrogen and oxygen atoms in total. The molecular weight excluding hydrogens is 322 g/mol. The van der Waals surface area contributed by atoms with E-state index in [2.05, 4.69) is 5.32 Å². The van der Waals surface area contributed by atoms with Crippen LogP contribution in [0, 0.1) is 5.41 Å². The molecule has 0 radical (unpaired) electrons. The van der Waals surface area contributed by atoms with Gasteiger partial charge in [0.2, 0.25) is 18.2 Å². The SMILES string of the molecule is O=CN1CCN(C(=O)C2(C(=O)NC3CCS(=O)(=O)C3)CC2)CC1. The van der Waals surface area contributed by atoms with Crippen molar-refractivity contribution >= 4 is 28.1 Å². The van der Waals surface area contributed by atoms with Crippen LogP contribution in [-0.2, 0) is 24.2 Å². The minimum atomic E-state index is -3.06. The topological polar surface area (TPSA) is 104 Å². The second-order valence-electron chi connectivity index (χ2n) is 6.59. The Kier molecular flexibility index (Phi) is 4.07. The number of carbonyl (C=O) groups excluding carboxylic acids is 3. The maximum atomic E-state index is 12.7. The first kappa shape index (κ1) is 16.2. The maximum Gasteiger partial charge on any atom is 0.238 e. The highest BCUT2D eigenvalue weighted by Crippen LogP contribution is 2.47. The van der Waals surface area contributed by atoms with Gasteiger partial charge in [0, 0.05) is 32.2 Å². The summed E-state index contributed by atoms with van der Waals surface area (Å²) >= 11 is 0. The van der Waals surface area contributed by atoms with Gasteiger partial charge in [0.15, 0.2) is 9.84 Å². The Hall–Kier alpha value is -1.64. The van der Waals surface area contributed by atoms with E-state index < -0.39 is 15.3 Å². The molecule has 23 heavy (non-hydrogen) atoms. The van der Waals surface area contributed by atoms with Crippen molar-refractivity contribution in [2.24, 2.45) is 5.41 Å². The van der Waals surface area contributed by atoms with E-state index in [1.165, 1.54) is 0 Å². The Labute approximate surface area is 135 Å². The summed E-state index contributed by atoms with van der Waals surface area (Å²) < 4.78 is 22.9. The number of amides is 3. The third-order valence-electron chi connectivity index (χ3n) is 4.91. The molecule has 9 heteroatoms. The summed E-state index contributed by atoms with van der Waals surface area (Å²) in [6.45, 7) is 1.83. The van der Waals surface area contributed by atoms with Crippen molar-refractivity contribution in [3.8, 4) is 0 Å². The fourth-order valence-corrected chi connectivity index (χ4v) is 4.90. The molecule has 3 aliphatic rings. The van der Waals surface area contributed by atoms with Crippen LogP contribution >= 0.6 is 0 Å². The predicted molar refractivity (Wildman–Crippen MR) is 81.1 cm³/mol. The molecule has 1 atom stereocenters. The van der Waals surface area contributed by atoms with E-state index in [0.717, 1.165) is 6.41 Å². The summed E-state index contributed by atoms with van der Waals surface area (Å²) in [5.74, 6) is -0.489. The van der Waals surface area contributed by atoms with Crippen LogP contribution < -0.4 is 5.32 Å². The second-order valence-corrected chi connectivity index (χ2v) is 8.82. The van der Waals surface area contributed by atoms with Crippen LogP contribution in [0.4, 0.5) is 0 Å². The lowest BCUT2D eigenvalue weighted by Gasteiger charge is -2.34. The highest BCUT2D eigenvalue weighted by atomic mass is 32.2. The van der Waals surface area contributed by atoms with Gasteiger partial charge >= 0.3 is 0 Å². The molecule has 3 rings (SSSR count). The van der Waals surface area contributed by atoms with Gasteiger partial charge in [-0.25, -0.2) is 8.42 Å². The Morgan fingerprint density at radius 3 is 2.26 bits per heavy atom. The van der Waals surface area contributed by atoms with Gasteiger partial charge in [0.1, 0.15) is 5.41 Å². The summed E-state index contributed by atoms with van der Waals surface area (Å²) in [4.78, 5) is 39.1. The molecular formula is C14H21N3O5S. The number of piperazine rings is 1. The molecule has 2 saturated heterocycles. The van der Waals surface area contributed by atoms with Crippen molar-refractivity contribution < 1.29 is 22.8 Å². The highest BCUT2D eigenvalue weighted by molar-refractivity contribution is 7.91. The normalized spacial score (nSPS) is 28.3. The Balaban J connectivity index is 1.59. The van der Waals surface area contributed by atoms with E-state index >= 15 is 0 Å². The van der Waals surface area contributed by atoms with Crippen molar-refractivity contribution in [1.82, 2.24) is 15.1 Å². The smallest absolute Gasteiger partial charge is 0.238 e. The Morgan fingerprint density at radius 2 is 1.78 bits per heavy atom. The molecule has 0 aromatic rings. The van der Waals surface area contributed by atoms with Crippen molar-refractivity contribution in [1.29, 1.82) is 0 Å². The fraction of sp³-hybridized carbons (Fsp3) is 0.786. The van der Waals surface area contributed by atoms with Crippen molar-refractivity contribution in [2.75, 3.05) is 37.7 Å². The van der Waals surface area contributed by atoms with Crippen LogP contribution in [0.5, 0.6) is 0 Å². The zero-order chi connectivity index (χ0) is 16.7. The van der Waals surface area contributed by atoms with E-state index in [0.29, 0.717) is 45.4 Å². The van der Waals surface area contributed by atoms with E-state index in [4.69, 9.17) is 0 Å². The van der Waals surface area contributed by atoms with E-state index in [1.807, 2.05) is 0 Å². The third-order valence-corrected chi connectivity index (χ3v) is 6.68. The molecule has 0 aromatic carbocycles. The zero-order valence-electron chi connectivity index (χ0n) is 12.9. The summed E-state index contributed by atoms with van der Waals surface area (Å²) in [7, 11) is -3.06. The van der Waals surface area contributed by atoms with Gasteiger partial charge in [-0.15, -0.1) is 0 Å². The van der Waals surface area contributed by atoms with E-state index in [1.54, 1.807) is 9.80 Å². The number of rotatable bonds is 4. The van der Waals surface area contributed by atoms with Crippen LogP contribution in [0.25, 0.3) is 0 Å². The van der Waals surface area contributed by atoms with Gasteiger partial charge in [0.05, 0.1) is 11.5 Å². The van der Waals surface area contributed by atoms with Crippen molar-refractivity contribution in [3.63, 3.8) is 0 Å².